The number of Topliss-reactive ketones (excluding diaryl/α,β-unsaturated/α-hetero) is 1. The predicted molar refractivity (Wildman–Crippen MR) is 65.2 cm³/mol. The van der Waals surface area contributed by atoms with Crippen molar-refractivity contribution >= 4 is 33.3 Å². The normalized spacial score (nSPS) is 20.9. The second-order valence-corrected chi connectivity index (χ2v) is 5.41. The zero-order valence-corrected chi connectivity index (χ0v) is 10.6. The number of hydrogen-bond acceptors (Lipinski definition) is 1. The van der Waals surface area contributed by atoms with Gasteiger partial charge in [-0.15, -0.1) is 0 Å². The quantitative estimate of drug-likeness (QED) is 0.803. The Balaban J connectivity index is 2.07. The number of hydrogen-bond donors (Lipinski definition) is 0. The molecule has 0 spiro atoms. The van der Waals surface area contributed by atoms with E-state index in [1.807, 2.05) is 18.2 Å². The maximum Gasteiger partial charge on any atom is 0.133 e. The summed E-state index contributed by atoms with van der Waals surface area (Å²) in [5.41, 5.74) is 1.15. The maximum absolute atomic E-state index is 11.1. The highest BCUT2D eigenvalue weighted by molar-refractivity contribution is 9.10. The smallest absolute Gasteiger partial charge is 0.133 e. The summed E-state index contributed by atoms with van der Waals surface area (Å²) in [6, 6.07) is 5.95. The van der Waals surface area contributed by atoms with Gasteiger partial charge in [0.15, 0.2) is 0 Å². The van der Waals surface area contributed by atoms with E-state index >= 15 is 0 Å². The van der Waals surface area contributed by atoms with Gasteiger partial charge in [0.1, 0.15) is 5.78 Å². The molecule has 3 heteroatoms. The molecule has 0 heterocycles. The van der Waals surface area contributed by atoms with Gasteiger partial charge in [0.05, 0.1) is 0 Å². The highest BCUT2D eigenvalue weighted by Crippen LogP contribution is 2.29. The minimum atomic E-state index is 0.397. The first-order valence-electron chi connectivity index (χ1n) is 5.11. The third kappa shape index (κ3) is 2.82. The first-order valence-corrected chi connectivity index (χ1v) is 6.28. The van der Waals surface area contributed by atoms with Gasteiger partial charge < -0.3 is 0 Å². The van der Waals surface area contributed by atoms with Gasteiger partial charge in [-0.25, -0.2) is 0 Å². The first-order chi connectivity index (χ1) is 7.15. The van der Waals surface area contributed by atoms with E-state index < -0.39 is 0 Å². The summed E-state index contributed by atoms with van der Waals surface area (Å²) in [6.07, 6.45) is 3.42. The topological polar surface area (TPSA) is 17.1 Å². The van der Waals surface area contributed by atoms with Crippen molar-refractivity contribution < 1.29 is 4.79 Å². The molecule has 15 heavy (non-hydrogen) atoms. The molecule has 1 atom stereocenters. The molecular formula is C12H12BrClO. The summed E-state index contributed by atoms with van der Waals surface area (Å²) >= 11 is 9.51. The van der Waals surface area contributed by atoms with Crippen molar-refractivity contribution in [3.05, 3.63) is 33.3 Å². The van der Waals surface area contributed by atoms with Gasteiger partial charge >= 0.3 is 0 Å². The van der Waals surface area contributed by atoms with Crippen molar-refractivity contribution in [2.45, 2.75) is 25.7 Å². The van der Waals surface area contributed by atoms with E-state index in [-0.39, 0.29) is 0 Å². The van der Waals surface area contributed by atoms with Crippen LogP contribution in [-0.4, -0.2) is 5.78 Å². The van der Waals surface area contributed by atoms with Crippen LogP contribution in [0.4, 0.5) is 0 Å². The molecular weight excluding hydrogens is 275 g/mol. The lowest BCUT2D eigenvalue weighted by atomic mass is 9.98. The summed E-state index contributed by atoms with van der Waals surface area (Å²) < 4.78 is 0.999. The van der Waals surface area contributed by atoms with Crippen LogP contribution in [-0.2, 0) is 11.2 Å². The van der Waals surface area contributed by atoms with Crippen LogP contribution in [0.1, 0.15) is 24.8 Å². The molecule has 80 valence electrons. The number of rotatable bonds is 2. The Labute approximate surface area is 103 Å². The van der Waals surface area contributed by atoms with E-state index in [9.17, 15) is 4.79 Å². The molecule has 1 nitrogen and oxygen atoms in total. The fraction of sp³-hybridized carbons (Fsp3) is 0.417. The molecule has 0 aromatic heterocycles. The average Bonchev–Trinajstić information content (AvgIpc) is 2.56. The molecule has 1 aliphatic rings. The van der Waals surface area contributed by atoms with Gasteiger partial charge in [-0.3, -0.25) is 4.79 Å². The van der Waals surface area contributed by atoms with Crippen molar-refractivity contribution in [2.75, 3.05) is 0 Å². The number of benzene rings is 1. The Morgan fingerprint density at radius 2 is 2.27 bits per heavy atom. The standard InChI is InChI=1S/C12H12BrClO/c13-10-3-2-9(12(14)7-10)5-8-1-4-11(15)6-8/h2-3,7-8H,1,4-6H2/t8-/m0/s1. The Bertz CT molecular complexity index is 389. The highest BCUT2D eigenvalue weighted by atomic mass is 79.9. The Kier molecular flexibility index (Phi) is 3.47. The Morgan fingerprint density at radius 3 is 2.87 bits per heavy atom. The van der Waals surface area contributed by atoms with Gasteiger partial charge in [0, 0.05) is 22.3 Å². The zero-order valence-electron chi connectivity index (χ0n) is 8.30. The van der Waals surface area contributed by atoms with Crippen molar-refractivity contribution in [3.63, 3.8) is 0 Å². The van der Waals surface area contributed by atoms with Gasteiger partial charge in [-0.2, -0.15) is 0 Å². The monoisotopic (exact) mass is 286 g/mol. The Morgan fingerprint density at radius 1 is 1.47 bits per heavy atom. The SMILES string of the molecule is O=C1CC[C@@H](Cc2ccc(Br)cc2Cl)C1. The summed E-state index contributed by atoms with van der Waals surface area (Å²) in [7, 11) is 0. The van der Waals surface area contributed by atoms with E-state index in [4.69, 9.17) is 11.6 Å². The first kappa shape index (κ1) is 11.2. The molecule has 0 N–H and O–H groups in total. The number of ketones is 1. The summed E-state index contributed by atoms with van der Waals surface area (Å²) in [5, 5.41) is 0.795. The molecule has 0 unspecified atom stereocenters. The number of carbonyl (C=O) groups excluding carboxylic acids is 1. The summed E-state index contributed by atoms with van der Waals surface area (Å²) in [6.45, 7) is 0. The van der Waals surface area contributed by atoms with E-state index in [1.54, 1.807) is 0 Å². The number of halogens is 2. The molecule has 0 aliphatic heterocycles. The molecule has 1 aromatic rings. The number of carbonyl (C=O) groups is 1. The minimum absolute atomic E-state index is 0.397. The molecule has 0 amide bonds. The highest BCUT2D eigenvalue weighted by Gasteiger charge is 2.22. The van der Waals surface area contributed by atoms with Gasteiger partial charge in [0.2, 0.25) is 0 Å². The van der Waals surface area contributed by atoms with Crippen LogP contribution in [0.15, 0.2) is 22.7 Å². The molecule has 0 bridgehead atoms. The molecule has 2 rings (SSSR count). The van der Waals surface area contributed by atoms with Crippen LogP contribution in [0.3, 0.4) is 0 Å². The van der Waals surface area contributed by atoms with Crippen LogP contribution in [0.25, 0.3) is 0 Å². The van der Waals surface area contributed by atoms with Crippen LogP contribution < -0.4 is 0 Å². The van der Waals surface area contributed by atoms with Crippen LogP contribution in [0.5, 0.6) is 0 Å². The van der Waals surface area contributed by atoms with Crippen molar-refractivity contribution in [3.8, 4) is 0 Å². The minimum Gasteiger partial charge on any atom is -0.300 e. The maximum atomic E-state index is 11.1. The predicted octanol–water partition coefficient (Wildman–Crippen LogP) is 4.01. The van der Waals surface area contributed by atoms with Crippen LogP contribution in [0, 0.1) is 5.92 Å². The van der Waals surface area contributed by atoms with E-state index in [0.29, 0.717) is 11.7 Å². The fourth-order valence-corrected chi connectivity index (χ4v) is 2.81. The van der Waals surface area contributed by atoms with Gasteiger partial charge in [-0.1, -0.05) is 33.6 Å². The molecule has 0 radical (unpaired) electrons. The lowest BCUT2D eigenvalue weighted by Gasteiger charge is -2.09. The summed E-state index contributed by atoms with van der Waals surface area (Å²) in [5.74, 6) is 0.893. The van der Waals surface area contributed by atoms with Gasteiger partial charge in [-0.05, 0) is 36.5 Å². The van der Waals surface area contributed by atoms with E-state index in [2.05, 4.69) is 15.9 Å². The molecule has 0 saturated heterocycles. The second-order valence-electron chi connectivity index (χ2n) is 4.09. The largest absolute Gasteiger partial charge is 0.300 e. The fourth-order valence-electron chi connectivity index (χ4n) is 2.06. The molecule has 1 fully saturated rings. The molecule has 1 aliphatic carbocycles. The second kappa shape index (κ2) is 4.67. The van der Waals surface area contributed by atoms with E-state index in [1.165, 1.54) is 0 Å². The van der Waals surface area contributed by atoms with Crippen molar-refractivity contribution in [1.29, 1.82) is 0 Å². The van der Waals surface area contributed by atoms with Crippen molar-refractivity contribution in [2.24, 2.45) is 5.92 Å². The molecule has 1 saturated carbocycles. The van der Waals surface area contributed by atoms with Crippen LogP contribution >= 0.6 is 27.5 Å². The molecule has 1 aromatic carbocycles. The lowest BCUT2D eigenvalue weighted by molar-refractivity contribution is -0.117. The Hall–Kier alpha value is -0.340. The van der Waals surface area contributed by atoms with Crippen molar-refractivity contribution in [1.82, 2.24) is 0 Å². The average molecular weight is 288 g/mol. The lowest BCUT2D eigenvalue weighted by Crippen LogP contribution is -2.00. The summed E-state index contributed by atoms with van der Waals surface area (Å²) in [4.78, 5) is 11.1. The van der Waals surface area contributed by atoms with Crippen LogP contribution in [0.2, 0.25) is 5.02 Å². The van der Waals surface area contributed by atoms with Gasteiger partial charge in [0.25, 0.3) is 0 Å². The zero-order chi connectivity index (χ0) is 10.8. The third-order valence-electron chi connectivity index (χ3n) is 2.87. The third-order valence-corrected chi connectivity index (χ3v) is 3.72. The van der Waals surface area contributed by atoms with E-state index in [0.717, 1.165) is 40.7 Å².